The Bertz CT molecular complexity index is 832. The third-order valence-electron chi connectivity index (χ3n) is 3.31. The van der Waals surface area contributed by atoms with Gasteiger partial charge in [-0.25, -0.2) is 0 Å². The summed E-state index contributed by atoms with van der Waals surface area (Å²) in [4.78, 5) is 12.3. The monoisotopic (exact) mass is 282 g/mol. The van der Waals surface area contributed by atoms with Gasteiger partial charge >= 0.3 is 0 Å². The molecule has 0 saturated carbocycles. The Balaban J connectivity index is 2.18. The molecule has 4 nitrogen and oxygen atoms in total. The number of hydrogen-bond donors (Lipinski definition) is 0. The van der Waals surface area contributed by atoms with Crippen molar-refractivity contribution in [1.29, 1.82) is 0 Å². The summed E-state index contributed by atoms with van der Waals surface area (Å²) in [5.41, 5.74) is 1.20. The molecule has 0 saturated heterocycles. The highest BCUT2D eigenvalue weighted by molar-refractivity contribution is 5.84. The zero-order valence-electron chi connectivity index (χ0n) is 11.8. The van der Waals surface area contributed by atoms with Crippen LogP contribution < -0.4 is 14.9 Å². The number of fused-ring (bicyclic) bond motifs is 1. The molecule has 21 heavy (non-hydrogen) atoms. The van der Waals surface area contributed by atoms with Gasteiger partial charge in [-0.2, -0.15) is 0 Å². The van der Waals surface area contributed by atoms with Crippen molar-refractivity contribution in [1.82, 2.24) is 0 Å². The minimum atomic E-state index is -0.125. The van der Waals surface area contributed by atoms with Gasteiger partial charge in [-0.3, -0.25) is 4.79 Å². The van der Waals surface area contributed by atoms with E-state index in [4.69, 9.17) is 13.9 Å². The SMILES string of the molecule is COc1ccc(-c2cc(=O)c3c(OC)cccc3o2)cc1. The first kappa shape index (κ1) is 13.2. The molecule has 4 heteroatoms. The van der Waals surface area contributed by atoms with E-state index < -0.39 is 0 Å². The summed E-state index contributed by atoms with van der Waals surface area (Å²) in [5, 5.41) is 0.456. The quantitative estimate of drug-likeness (QED) is 0.738. The molecular formula is C17H14O4. The largest absolute Gasteiger partial charge is 0.497 e. The molecule has 0 radical (unpaired) electrons. The third kappa shape index (κ3) is 2.36. The Morgan fingerprint density at radius 1 is 0.952 bits per heavy atom. The lowest BCUT2D eigenvalue weighted by molar-refractivity contribution is 0.415. The van der Waals surface area contributed by atoms with Crippen LogP contribution in [0.4, 0.5) is 0 Å². The normalized spacial score (nSPS) is 10.6. The van der Waals surface area contributed by atoms with E-state index in [1.807, 2.05) is 24.3 Å². The summed E-state index contributed by atoms with van der Waals surface area (Å²) in [6.07, 6.45) is 0. The van der Waals surface area contributed by atoms with Gasteiger partial charge in [0.2, 0.25) is 0 Å². The van der Waals surface area contributed by atoms with Crippen molar-refractivity contribution in [2.45, 2.75) is 0 Å². The zero-order chi connectivity index (χ0) is 14.8. The summed E-state index contributed by atoms with van der Waals surface area (Å²) in [7, 11) is 3.14. The first-order chi connectivity index (χ1) is 10.2. The lowest BCUT2D eigenvalue weighted by Gasteiger charge is -2.07. The van der Waals surface area contributed by atoms with Crippen molar-refractivity contribution < 1.29 is 13.9 Å². The molecule has 1 aromatic heterocycles. The van der Waals surface area contributed by atoms with Crippen LogP contribution in [0, 0.1) is 0 Å². The zero-order valence-corrected chi connectivity index (χ0v) is 11.8. The van der Waals surface area contributed by atoms with Crippen LogP contribution in [0.5, 0.6) is 11.5 Å². The van der Waals surface area contributed by atoms with Gasteiger partial charge in [0.05, 0.1) is 14.2 Å². The lowest BCUT2D eigenvalue weighted by Crippen LogP contribution is -2.02. The first-order valence-corrected chi connectivity index (χ1v) is 6.48. The molecule has 1 heterocycles. The van der Waals surface area contributed by atoms with Crippen molar-refractivity contribution >= 4 is 11.0 Å². The van der Waals surface area contributed by atoms with Crippen LogP contribution in [0.15, 0.2) is 57.7 Å². The van der Waals surface area contributed by atoms with Crippen molar-refractivity contribution in [3.8, 4) is 22.8 Å². The number of ether oxygens (including phenoxy) is 2. The summed E-state index contributed by atoms with van der Waals surface area (Å²) < 4.78 is 16.2. The smallest absolute Gasteiger partial charge is 0.197 e. The van der Waals surface area contributed by atoms with E-state index in [9.17, 15) is 4.79 Å². The molecule has 0 bridgehead atoms. The van der Waals surface area contributed by atoms with Crippen LogP contribution in [0.25, 0.3) is 22.3 Å². The number of methoxy groups -OCH3 is 2. The molecule has 0 aliphatic carbocycles. The van der Waals surface area contributed by atoms with Gasteiger partial charge in [0.15, 0.2) is 5.43 Å². The fraction of sp³-hybridized carbons (Fsp3) is 0.118. The summed E-state index contributed by atoms with van der Waals surface area (Å²) in [5.74, 6) is 1.79. The molecule has 0 atom stereocenters. The second kappa shape index (κ2) is 5.32. The summed E-state index contributed by atoms with van der Waals surface area (Å²) in [6, 6.07) is 14.1. The summed E-state index contributed by atoms with van der Waals surface area (Å²) in [6.45, 7) is 0. The highest BCUT2D eigenvalue weighted by Crippen LogP contribution is 2.27. The van der Waals surface area contributed by atoms with Gasteiger partial charge in [0.25, 0.3) is 0 Å². The van der Waals surface area contributed by atoms with Crippen LogP contribution in [-0.4, -0.2) is 14.2 Å². The molecule has 106 valence electrons. The molecule has 3 rings (SSSR count). The molecular weight excluding hydrogens is 268 g/mol. The van der Waals surface area contributed by atoms with Crippen molar-refractivity contribution in [3.63, 3.8) is 0 Å². The second-order valence-electron chi connectivity index (χ2n) is 4.54. The molecule has 0 fully saturated rings. The highest BCUT2D eigenvalue weighted by Gasteiger charge is 2.10. The van der Waals surface area contributed by atoms with Gasteiger partial charge < -0.3 is 13.9 Å². The average Bonchev–Trinajstić information content (AvgIpc) is 2.54. The topological polar surface area (TPSA) is 48.7 Å². The number of benzene rings is 2. The van der Waals surface area contributed by atoms with Crippen LogP contribution in [0.2, 0.25) is 0 Å². The molecule has 0 unspecified atom stereocenters. The van der Waals surface area contributed by atoms with E-state index in [1.165, 1.54) is 13.2 Å². The molecule has 0 aliphatic rings. The highest BCUT2D eigenvalue weighted by atomic mass is 16.5. The second-order valence-corrected chi connectivity index (χ2v) is 4.54. The lowest BCUT2D eigenvalue weighted by atomic mass is 10.1. The minimum absolute atomic E-state index is 0.125. The van der Waals surface area contributed by atoms with Gasteiger partial charge in [-0.1, -0.05) is 6.07 Å². The molecule has 2 aromatic carbocycles. The molecule has 0 N–H and O–H groups in total. The van der Waals surface area contributed by atoms with E-state index in [2.05, 4.69) is 0 Å². The molecule has 0 amide bonds. The molecule has 3 aromatic rings. The predicted octanol–water partition coefficient (Wildman–Crippen LogP) is 3.48. The Labute approximate surface area is 121 Å². The molecule has 0 spiro atoms. The first-order valence-electron chi connectivity index (χ1n) is 6.48. The maximum absolute atomic E-state index is 12.3. The Morgan fingerprint density at radius 2 is 1.71 bits per heavy atom. The summed E-state index contributed by atoms with van der Waals surface area (Å²) >= 11 is 0. The minimum Gasteiger partial charge on any atom is -0.497 e. The van der Waals surface area contributed by atoms with Gasteiger partial charge in [0, 0.05) is 11.6 Å². The van der Waals surface area contributed by atoms with E-state index in [1.54, 1.807) is 25.3 Å². The fourth-order valence-electron chi connectivity index (χ4n) is 2.25. The Kier molecular flexibility index (Phi) is 3.36. The van der Waals surface area contributed by atoms with E-state index in [0.717, 1.165) is 11.3 Å². The maximum atomic E-state index is 12.3. The third-order valence-corrected chi connectivity index (χ3v) is 3.31. The number of hydrogen-bond acceptors (Lipinski definition) is 4. The van der Waals surface area contributed by atoms with E-state index in [0.29, 0.717) is 22.5 Å². The van der Waals surface area contributed by atoms with Crippen molar-refractivity contribution in [2.75, 3.05) is 14.2 Å². The van der Waals surface area contributed by atoms with E-state index in [-0.39, 0.29) is 5.43 Å². The average molecular weight is 282 g/mol. The van der Waals surface area contributed by atoms with Crippen LogP contribution in [0.3, 0.4) is 0 Å². The Hall–Kier alpha value is -2.75. The molecule has 0 aliphatic heterocycles. The fourth-order valence-corrected chi connectivity index (χ4v) is 2.25. The van der Waals surface area contributed by atoms with Crippen LogP contribution >= 0.6 is 0 Å². The van der Waals surface area contributed by atoms with Gasteiger partial charge in [-0.05, 0) is 36.4 Å². The predicted molar refractivity (Wildman–Crippen MR) is 81.0 cm³/mol. The van der Waals surface area contributed by atoms with Crippen molar-refractivity contribution in [3.05, 3.63) is 58.8 Å². The Morgan fingerprint density at radius 3 is 2.38 bits per heavy atom. The maximum Gasteiger partial charge on any atom is 0.197 e. The number of rotatable bonds is 3. The van der Waals surface area contributed by atoms with E-state index >= 15 is 0 Å². The standard InChI is InChI=1S/C17H14O4/c1-19-12-8-6-11(7-9-12)16-10-13(18)17-14(20-2)4-3-5-15(17)21-16/h3-10H,1-2H3. The van der Waals surface area contributed by atoms with Crippen molar-refractivity contribution in [2.24, 2.45) is 0 Å². The van der Waals surface area contributed by atoms with Crippen LogP contribution in [0.1, 0.15) is 0 Å². The van der Waals surface area contributed by atoms with Crippen LogP contribution in [-0.2, 0) is 0 Å². The van der Waals surface area contributed by atoms with Gasteiger partial charge in [0.1, 0.15) is 28.2 Å². The van der Waals surface area contributed by atoms with Gasteiger partial charge in [-0.15, -0.1) is 0 Å².